The molecule has 6 atom stereocenters. The second-order valence-electron chi connectivity index (χ2n) is 24.0. The molecule has 5 aliphatic rings. The largest absolute Gasteiger partial charge is 0.427 e. The first-order chi connectivity index (χ1) is 32.6. The Morgan fingerprint density at radius 2 is 1.29 bits per heavy atom. The first kappa shape index (κ1) is 53.0. The maximum absolute atomic E-state index is 15.7. The van der Waals surface area contributed by atoms with Gasteiger partial charge in [-0.25, -0.2) is 14.5 Å². The quantitative estimate of drug-likeness (QED) is 0.138. The molecule has 2 saturated heterocycles. The topological polar surface area (TPSA) is 143 Å². The number of benzene rings is 1. The Kier molecular flexibility index (Phi) is 14.7. The maximum Gasteiger partial charge on any atom is 0.338 e. The molecule has 1 aromatic carbocycles. The van der Waals surface area contributed by atoms with Gasteiger partial charge in [0.25, 0.3) is 12.5 Å². The molecule has 6 rings (SSSR count). The average Bonchev–Trinajstić information content (AvgIpc) is 3.27. The lowest BCUT2D eigenvalue weighted by atomic mass is 9.61. The number of carbonyl (C=O) groups excluding carboxylic acids is 2. The zero-order chi connectivity index (χ0) is 51.9. The minimum absolute atomic E-state index is 0.0232. The van der Waals surface area contributed by atoms with E-state index in [0.29, 0.717) is 53.7 Å². The molecule has 4 amide bonds. The number of hydrogen-bond donors (Lipinski definition) is 0. The van der Waals surface area contributed by atoms with Crippen molar-refractivity contribution < 1.29 is 19.1 Å². The molecule has 2 heterocycles. The molecule has 5 fully saturated rings. The summed E-state index contributed by atoms with van der Waals surface area (Å²) in [5.41, 5.74) is 0.369. The number of nitrogens with zero attached hydrogens (tertiary/aromatic N) is 9. The van der Waals surface area contributed by atoms with Gasteiger partial charge in [-0.3, -0.25) is 19.6 Å². The van der Waals surface area contributed by atoms with Crippen LogP contribution in [0.1, 0.15) is 146 Å². The van der Waals surface area contributed by atoms with Crippen molar-refractivity contribution in [1.29, 1.82) is 15.8 Å². The predicted octanol–water partition coefficient (Wildman–Crippen LogP) is 13.2. The molecule has 13 heteroatoms. The minimum Gasteiger partial charge on any atom is -0.427 e. The van der Waals surface area contributed by atoms with Crippen molar-refractivity contribution in [3.8, 4) is 18.6 Å². The zero-order valence-corrected chi connectivity index (χ0v) is 44.0. The van der Waals surface area contributed by atoms with Crippen LogP contribution in [-0.4, -0.2) is 67.9 Å². The van der Waals surface area contributed by atoms with Gasteiger partial charge in [-0.15, -0.1) is 0 Å². The van der Waals surface area contributed by atoms with Gasteiger partial charge in [0.1, 0.15) is 36.5 Å². The fourth-order valence-electron chi connectivity index (χ4n) is 12.6. The molecule has 0 bridgehead atoms. The normalized spacial score (nSPS) is 30.4. The Morgan fingerprint density at radius 3 is 1.87 bits per heavy atom. The first-order valence-electron chi connectivity index (χ1n) is 24.8. The van der Waals surface area contributed by atoms with E-state index in [4.69, 9.17) is 22.6 Å². The van der Waals surface area contributed by atoms with Gasteiger partial charge >= 0.3 is 12.1 Å². The van der Waals surface area contributed by atoms with Crippen LogP contribution in [0.2, 0.25) is 0 Å². The Labute approximate surface area is 418 Å². The fraction of sp³-hybridized carbons (Fsp3) is 0.561. The summed E-state index contributed by atoms with van der Waals surface area (Å²) in [7, 11) is 0. The molecule has 6 unspecified atom stereocenters. The first-order valence-corrected chi connectivity index (χ1v) is 24.8. The molecule has 0 aromatic heterocycles. The van der Waals surface area contributed by atoms with Crippen molar-refractivity contribution in [2.45, 2.75) is 158 Å². The van der Waals surface area contributed by atoms with Crippen LogP contribution in [0.25, 0.3) is 0 Å². The smallest absolute Gasteiger partial charge is 0.338 e. The van der Waals surface area contributed by atoms with Crippen LogP contribution in [0.4, 0.5) is 15.3 Å². The van der Waals surface area contributed by atoms with E-state index in [1.54, 1.807) is 28.0 Å². The third kappa shape index (κ3) is 10.1. The molecule has 2 aliphatic heterocycles. The lowest BCUT2D eigenvalue weighted by Crippen LogP contribution is -2.67. The third-order valence-corrected chi connectivity index (χ3v) is 16.6. The lowest BCUT2D eigenvalue weighted by Gasteiger charge is -2.58. The fourth-order valence-corrected chi connectivity index (χ4v) is 12.6. The van der Waals surface area contributed by atoms with Gasteiger partial charge in [-0.05, 0) is 117 Å². The summed E-state index contributed by atoms with van der Waals surface area (Å²) in [5.74, 6) is 2.06. The van der Waals surface area contributed by atoms with E-state index in [1.165, 1.54) is 4.90 Å². The Balaban J connectivity index is 1.52. The molecule has 0 spiro atoms. The van der Waals surface area contributed by atoms with Crippen molar-refractivity contribution in [2.24, 2.45) is 32.5 Å². The number of allylic oxidation sites excluding steroid dienone is 4. The van der Waals surface area contributed by atoms with Gasteiger partial charge < -0.3 is 14.4 Å². The van der Waals surface area contributed by atoms with Crippen LogP contribution >= 0.6 is 0 Å². The van der Waals surface area contributed by atoms with Gasteiger partial charge in [-0.2, -0.15) is 15.8 Å². The number of rotatable bonds is 13. The molecule has 3 saturated carbocycles. The standard InChI is InChI=1S/C57H77N9O4/c1-17-20-45(27-39(3)61-40(4)62(46-22-19-21-44(28-46)33-58)42(6)63(41(61)5)48-31-55(14,18-2)25-23-53(48,10)11)66-50(67)64(47-29-52(8,9)34-57(16,30-47)36-70-38-60)43(7)65(51(66)68)49-32-56(15,35-69-37-59)26-24-54(49,12)13/h17,19-22,27-28,47-49H,1,4-7,18,23-26,29-32,34-36H2,2-3,8-16H3/b39-27+,45-20+. The van der Waals surface area contributed by atoms with Crippen LogP contribution in [0, 0.1) is 66.9 Å². The maximum atomic E-state index is 15.7. The highest BCUT2D eigenvalue weighted by Crippen LogP contribution is 2.55. The van der Waals surface area contributed by atoms with Crippen molar-refractivity contribution >= 4 is 17.7 Å². The summed E-state index contributed by atoms with van der Waals surface area (Å²) in [6, 6.07) is 7.65. The van der Waals surface area contributed by atoms with Crippen LogP contribution < -0.4 is 4.90 Å². The molecular formula is C57H77N9O4. The summed E-state index contributed by atoms with van der Waals surface area (Å²) < 4.78 is 10.8. The summed E-state index contributed by atoms with van der Waals surface area (Å²) >= 11 is 0. The number of anilines is 1. The highest BCUT2D eigenvalue weighted by molar-refractivity contribution is 6.00. The molecule has 0 radical (unpaired) electrons. The number of hydrogen-bond acceptors (Lipinski definition) is 10. The van der Waals surface area contributed by atoms with Crippen LogP contribution in [0.15, 0.2) is 110 Å². The van der Waals surface area contributed by atoms with E-state index in [0.717, 1.165) is 44.9 Å². The van der Waals surface area contributed by atoms with Crippen LogP contribution in [-0.2, 0) is 9.47 Å². The van der Waals surface area contributed by atoms with Crippen LogP contribution in [0.5, 0.6) is 0 Å². The van der Waals surface area contributed by atoms with Gasteiger partial charge in [-0.1, -0.05) is 121 Å². The third-order valence-electron chi connectivity index (χ3n) is 16.6. The van der Waals surface area contributed by atoms with Crippen molar-refractivity contribution in [1.82, 2.24) is 24.5 Å². The van der Waals surface area contributed by atoms with Gasteiger partial charge in [0.2, 0.25) is 0 Å². The highest BCUT2D eigenvalue weighted by atomic mass is 16.5. The predicted molar refractivity (Wildman–Crippen MR) is 274 cm³/mol. The number of carbonyl (C=O) groups is 2. The van der Waals surface area contributed by atoms with E-state index in [2.05, 4.69) is 99.9 Å². The van der Waals surface area contributed by atoms with Gasteiger partial charge in [0.05, 0.1) is 23.0 Å². The number of amides is 4. The second kappa shape index (κ2) is 19.4. The molecule has 70 heavy (non-hydrogen) atoms. The van der Waals surface area contributed by atoms with Crippen molar-refractivity contribution in [2.75, 3.05) is 18.1 Å². The number of urea groups is 2. The Hall–Kier alpha value is -6.39. The molecular weight excluding hydrogens is 875 g/mol. The summed E-state index contributed by atoms with van der Waals surface area (Å²) in [5, 5.41) is 29.0. The van der Waals surface area contributed by atoms with Gasteiger partial charge in [0, 0.05) is 34.7 Å². The van der Waals surface area contributed by atoms with Crippen molar-refractivity contribution in [3.05, 3.63) is 116 Å². The SMILES string of the molecule is C=C/C=C(\C=C(/C)N1C(=C)N(c2cccc(C#N)c2)C(=C)N(C2CC(C)(CC)CCC2(C)C)C1=C)N1C(=O)N(C2CC(C)(C)CC(C)(COC#N)C2)C(=C)N(C2CC(C)(COC#N)CCC2(C)C)C1=O. The Bertz CT molecular complexity index is 2520. The number of ether oxygens (including phenoxy) is 2. The van der Waals surface area contributed by atoms with Crippen LogP contribution in [0.3, 0.4) is 0 Å². The second-order valence-corrected chi connectivity index (χ2v) is 24.0. The Morgan fingerprint density at radius 1 is 0.714 bits per heavy atom. The minimum atomic E-state index is -0.554. The molecule has 1 aromatic rings. The summed E-state index contributed by atoms with van der Waals surface area (Å²) in [4.78, 5) is 42.2. The molecule has 13 nitrogen and oxygen atoms in total. The lowest BCUT2D eigenvalue weighted by molar-refractivity contribution is -0.0376. The monoisotopic (exact) mass is 952 g/mol. The van der Waals surface area contributed by atoms with E-state index >= 15 is 9.59 Å². The summed E-state index contributed by atoms with van der Waals surface area (Å²) in [6.07, 6.45) is 16.6. The van der Waals surface area contributed by atoms with E-state index in [-0.39, 0.29) is 47.0 Å². The van der Waals surface area contributed by atoms with E-state index in [9.17, 15) is 15.8 Å². The number of imide groups is 1. The molecule has 0 N–H and O–H groups in total. The zero-order valence-electron chi connectivity index (χ0n) is 44.0. The molecule has 374 valence electrons. The van der Waals surface area contributed by atoms with E-state index in [1.807, 2.05) is 53.5 Å². The van der Waals surface area contributed by atoms with E-state index < -0.39 is 40.4 Å². The summed E-state index contributed by atoms with van der Waals surface area (Å²) in [6.45, 7) is 47.0. The number of nitriles is 3. The molecule has 3 aliphatic carbocycles. The average molecular weight is 952 g/mol. The highest BCUT2D eigenvalue weighted by Gasteiger charge is 2.56. The van der Waals surface area contributed by atoms with Gasteiger partial charge in [0.15, 0.2) is 0 Å². The van der Waals surface area contributed by atoms with Crippen molar-refractivity contribution in [3.63, 3.8) is 0 Å².